The number of likely N-dealkylation sites (tertiary alicyclic amines) is 1. The molecule has 0 unspecified atom stereocenters. The average molecular weight is 393 g/mol. The number of hydrogen-bond acceptors (Lipinski definition) is 2. The van der Waals surface area contributed by atoms with Gasteiger partial charge in [-0.3, -0.25) is 9.59 Å². The first kappa shape index (κ1) is 17.5. The summed E-state index contributed by atoms with van der Waals surface area (Å²) in [6.07, 6.45) is 4.38. The first-order valence-corrected chi connectivity index (χ1v) is 9.69. The number of halogens is 1. The Morgan fingerprint density at radius 2 is 1.83 bits per heavy atom. The lowest BCUT2D eigenvalue weighted by molar-refractivity contribution is -0.137. The van der Waals surface area contributed by atoms with Gasteiger partial charge in [0.05, 0.1) is 5.41 Å². The van der Waals surface area contributed by atoms with Gasteiger partial charge in [0.25, 0.3) is 0 Å². The van der Waals surface area contributed by atoms with Crippen molar-refractivity contribution in [3.05, 3.63) is 34.3 Å². The molecule has 0 spiro atoms. The Balaban J connectivity index is 1.59. The topological polar surface area (TPSA) is 49.4 Å². The number of carbonyl (C=O) groups is 2. The van der Waals surface area contributed by atoms with E-state index in [9.17, 15) is 9.59 Å². The van der Waals surface area contributed by atoms with Crippen molar-refractivity contribution in [3.8, 4) is 0 Å². The zero-order valence-corrected chi connectivity index (χ0v) is 15.8. The number of nitrogens with zero attached hydrogens (tertiary/aromatic N) is 1. The van der Waals surface area contributed by atoms with Crippen LogP contribution in [0.15, 0.2) is 28.7 Å². The van der Waals surface area contributed by atoms with Gasteiger partial charge in [-0.2, -0.15) is 0 Å². The van der Waals surface area contributed by atoms with E-state index in [2.05, 4.69) is 40.3 Å². The molecule has 0 radical (unpaired) electrons. The molecule has 130 valence electrons. The molecule has 1 aromatic rings. The first-order chi connectivity index (χ1) is 11.6. The molecular weight excluding hydrogens is 368 g/mol. The number of carbonyl (C=O) groups excluding carboxylic acids is 2. The highest BCUT2D eigenvalue weighted by Crippen LogP contribution is 2.50. The lowest BCUT2D eigenvalue weighted by Crippen LogP contribution is -2.46. The maximum absolute atomic E-state index is 13.0. The van der Waals surface area contributed by atoms with E-state index in [0.29, 0.717) is 13.1 Å². The second kappa shape index (κ2) is 7.26. The molecule has 3 rings (SSSR count). The number of amides is 2. The van der Waals surface area contributed by atoms with Gasteiger partial charge in [0, 0.05) is 30.0 Å². The van der Waals surface area contributed by atoms with Crippen molar-refractivity contribution < 1.29 is 9.59 Å². The van der Waals surface area contributed by atoms with Crippen LogP contribution in [0.25, 0.3) is 0 Å². The van der Waals surface area contributed by atoms with Gasteiger partial charge in [-0.1, -0.05) is 35.0 Å². The van der Waals surface area contributed by atoms with Crippen molar-refractivity contribution in [2.24, 2.45) is 5.92 Å². The fourth-order valence-corrected chi connectivity index (χ4v) is 3.82. The van der Waals surface area contributed by atoms with Gasteiger partial charge in [0.15, 0.2) is 0 Å². The van der Waals surface area contributed by atoms with Crippen LogP contribution in [0.3, 0.4) is 0 Å². The Bertz CT molecular complexity index is 602. The highest BCUT2D eigenvalue weighted by atomic mass is 79.9. The molecule has 2 amide bonds. The fraction of sp³-hybridized carbons (Fsp3) is 0.579. The molecule has 1 heterocycles. The zero-order valence-electron chi connectivity index (χ0n) is 14.2. The standard InChI is InChI=1S/C19H25BrN2O2/c1-2-11-21-17(23)14-7-12-22(13-8-14)18(24)19(9-10-19)15-3-5-16(20)6-4-15/h3-6,14H,2,7-13H2,1H3,(H,21,23). The molecule has 1 saturated heterocycles. The molecule has 2 aliphatic rings. The minimum Gasteiger partial charge on any atom is -0.356 e. The van der Waals surface area contributed by atoms with Gasteiger partial charge < -0.3 is 10.2 Å². The summed E-state index contributed by atoms with van der Waals surface area (Å²) in [7, 11) is 0. The molecule has 5 heteroatoms. The van der Waals surface area contributed by atoms with Crippen LogP contribution < -0.4 is 5.32 Å². The zero-order chi connectivity index (χ0) is 17.2. The Kier molecular flexibility index (Phi) is 5.28. The van der Waals surface area contributed by atoms with Crippen LogP contribution >= 0.6 is 15.9 Å². The highest BCUT2D eigenvalue weighted by Gasteiger charge is 2.53. The van der Waals surface area contributed by atoms with Crippen LogP contribution in [-0.2, 0) is 15.0 Å². The third-order valence-corrected chi connectivity index (χ3v) is 5.79. The number of hydrogen-bond donors (Lipinski definition) is 1. The Labute approximate surface area is 152 Å². The quantitative estimate of drug-likeness (QED) is 0.835. The molecule has 24 heavy (non-hydrogen) atoms. The lowest BCUT2D eigenvalue weighted by Gasteiger charge is -2.34. The molecule has 0 aromatic heterocycles. The second-order valence-electron chi connectivity index (χ2n) is 6.95. The summed E-state index contributed by atoms with van der Waals surface area (Å²) in [5.41, 5.74) is 0.816. The van der Waals surface area contributed by atoms with Gasteiger partial charge in [-0.05, 0) is 49.8 Å². The van der Waals surface area contributed by atoms with Crippen molar-refractivity contribution in [2.75, 3.05) is 19.6 Å². The number of nitrogens with one attached hydrogen (secondary N) is 1. The van der Waals surface area contributed by atoms with Gasteiger partial charge in [0.2, 0.25) is 11.8 Å². The van der Waals surface area contributed by atoms with Crippen molar-refractivity contribution in [2.45, 2.75) is 44.4 Å². The fourth-order valence-electron chi connectivity index (χ4n) is 3.56. The van der Waals surface area contributed by atoms with E-state index in [4.69, 9.17) is 0 Å². The van der Waals surface area contributed by atoms with Crippen LogP contribution in [0.5, 0.6) is 0 Å². The Hall–Kier alpha value is -1.36. The van der Waals surface area contributed by atoms with Gasteiger partial charge in [0.1, 0.15) is 0 Å². The average Bonchev–Trinajstić information content (AvgIpc) is 3.41. The summed E-state index contributed by atoms with van der Waals surface area (Å²) < 4.78 is 1.04. The molecule has 1 aliphatic carbocycles. The minimum absolute atomic E-state index is 0.0587. The normalized spacial score (nSPS) is 19.8. The summed E-state index contributed by atoms with van der Waals surface area (Å²) in [6.45, 7) is 4.19. The van der Waals surface area contributed by atoms with E-state index in [1.165, 1.54) is 0 Å². The van der Waals surface area contributed by atoms with Crippen molar-refractivity contribution >= 4 is 27.7 Å². The predicted octanol–water partition coefficient (Wildman–Crippen LogP) is 3.25. The van der Waals surface area contributed by atoms with Crippen LogP contribution in [0.4, 0.5) is 0 Å². The van der Waals surface area contributed by atoms with E-state index in [0.717, 1.165) is 48.7 Å². The third kappa shape index (κ3) is 3.51. The molecular formula is C19H25BrN2O2. The summed E-state index contributed by atoms with van der Waals surface area (Å²) in [6, 6.07) is 8.12. The first-order valence-electron chi connectivity index (χ1n) is 8.90. The van der Waals surface area contributed by atoms with E-state index in [1.807, 2.05) is 17.0 Å². The second-order valence-corrected chi connectivity index (χ2v) is 7.86. The molecule has 1 aromatic carbocycles. The summed E-state index contributed by atoms with van der Waals surface area (Å²) in [5, 5.41) is 2.97. The molecule has 2 fully saturated rings. The highest BCUT2D eigenvalue weighted by molar-refractivity contribution is 9.10. The predicted molar refractivity (Wildman–Crippen MR) is 97.7 cm³/mol. The van der Waals surface area contributed by atoms with E-state index < -0.39 is 0 Å². The smallest absolute Gasteiger partial charge is 0.233 e. The maximum Gasteiger partial charge on any atom is 0.233 e. The SMILES string of the molecule is CCCNC(=O)C1CCN(C(=O)C2(c3ccc(Br)cc3)CC2)CC1. The molecule has 0 atom stereocenters. The van der Waals surface area contributed by atoms with Crippen molar-refractivity contribution in [3.63, 3.8) is 0 Å². The van der Waals surface area contributed by atoms with Crippen molar-refractivity contribution in [1.29, 1.82) is 0 Å². The number of rotatable bonds is 5. The van der Waals surface area contributed by atoms with Crippen LogP contribution in [0, 0.1) is 5.92 Å². The van der Waals surface area contributed by atoms with Gasteiger partial charge in [-0.25, -0.2) is 0 Å². The van der Waals surface area contributed by atoms with E-state index in [1.54, 1.807) is 0 Å². The van der Waals surface area contributed by atoms with Crippen molar-refractivity contribution in [1.82, 2.24) is 10.2 Å². The summed E-state index contributed by atoms with van der Waals surface area (Å²) in [5.74, 6) is 0.457. The van der Waals surface area contributed by atoms with Crippen LogP contribution in [-0.4, -0.2) is 36.3 Å². The molecule has 1 saturated carbocycles. The van der Waals surface area contributed by atoms with Crippen LogP contribution in [0.2, 0.25) is 0 Å². The maximum atomic E-state index is 13.0. The van der Waals surface area contributed by atoms with E-state index >= 15 is 0 Å². The largest absolute Gasteiger partial charge is 0.356 e. The summed E-state index contributed by atoms with van der Waals surface area (Å²) >= 11 is 3.45. The van der Waals surface area contributed by atoms with Gasteiger partial charge >= 0.3 is 0 Å². The minimum atomic E-state index is -0.308. The molecule has 4 nitrogen and oxygen atoms in total. The lowest BCUT2D eigenvalue weighted by atomic mass is 9.91. The van der Waals surface area contributed by atoms with Crippen LogP contribution in [0.1, 0.15) is 44.6 Å². The number of benzene rings is 1. The Morgan fingerprint density at radius 3 is 2.38 bits per heavy atom. The molecule has 0 bridgehead atoms. The molecule has 1 N–H and O–H groups in total. The Morgan fingerprint density at radius 1 is 1.21 bits per heavy atom. The summed E-state index contributed by atoms with van der Waals surface area (Å²) in [4.78, 5) is 27.1. The monoisotopic (exact) mass is 392 g/mol. The number of piperidine rings is 1. The molecule has 1 aliphatic heterocycles. The van der Waals surface area contributed by atoms with Gasteiger partial charge in [-0.15, -0.1) is 0 Å². The van der Waals surface area contributed by atoms with E-state index in [-0.39, 0.29) is 23.1 Å². The third-order valence-electron chi connectivity index (χ3n) is 5.26.